The van der Waals surface area contributed by atoms with E-state index in [0.717, 1.165) is 31.2 Å². The van der Waals surface area contributed by atoms with Crippen molar-refractivity contribution in [1.29, 1.82) is 0 Å². The smallest absolute Gasteiger partial charge is 0.147 e. The van der Waals surface area contributed by atoms with Gasteiger partial charge in [-0.1, -0.05) is 0 Å². The highest BCUT2D eigenvalue weighted by atomic mass is 15.3. The van der Waals surface area contributed by atoms with Gasteiger partial charge in [0, 0.05) is 6.54 Å². The average molecular weight is 168 g/mol. The first-order valence-corrected chi connectivity index (χ1v) is 4.26. The Hall–Kier alpha value is -0.900. The van der Waals surface area contributed by atoms with Gasteiger partial charge in [0.25, 0.3) is 0 Å². The van der Waals surface area contributed by atoms with Gasteiger partial charge in [0.05, 0.1) is 0 Å². The number of hydrogen-bond acceptors (Lipinski definition) is 3. The van der Waals surface area contributed by atoms with Gasteiger partial charge in [-0.3, -0.25) is 4.68 Å². The summed E-state index contributed by atoms with van der Waals surface area (Å²) < 4.78 is 1.95. The van der Waals surface area contributed by atoms with Gasteiger partial charge in [-0.25, -0.2) is 4.98 Å². The van der Waals surface area contributed by atoms with Gasteiger partial charge in [-0.05, 0) is 33.9 Å². The van der Waals surface area contributed by atoms with E-state index in [1.807, 2.05) is 25.6 Å². The number of hydrogen-bond donors (Lipinski definition) is 1. The minimum atomic E-state index is 0.858. The number of nitrogens with one attached hydrogen (secondary N) is 1. The van der Waals surface area contributed by atoms with E-state index in [1.165, 1.54) is 0 Å². The van der Waals surface area contributed by atoms with Crippen molar-refractivity contribution in [3.63, 3.8) is 0 Å². The molecule has 0 radical (unpaired) electrons. The van der Waals surface area contributed by atoms with Gasteiger partial charge in [0.2, 0.25) is 0 Å². The molecule has 4 nitrogen and oxygen atoms in total. The van der Waals surface area contributed by atoms with Crippen molar-refractivity contribution in [3.05, 3.63) is 11.6 Å². The first-order chi connectivity index (χ1) is 5.74. The minimum Gasteiger partial charge on any atom is -0.320 e. The van der Waals surface area contributed by atoms with E-state index in [9.17, 15) is 0 Å². The summed E-state index contributed by atoms with van der Waals surface area (Å²) in [6.45, 7) is 5.88. The molecule has 0 atom stereocenters. The minimum absolute atomic E-state index is 0.858. The summed E-state index contributed by atoms with van der Waals surface area (Å²) in [7, 11) is 1.96. The Bertz CT molecular complexity index is 241. The molecular weight excluding hydrogens is 152 g/mol. The molecule has 1 rings (SSSR count). The maximum atomic E-state index is 4.26. The monoisotopic (exact) mass is 168 g/mol. The Morgan fingerprint density at radius 2 is 2.17 bits per heavy atom. The van der Waals surface area contributed by atoms with E-state index in [2.05, 4.69) is 15.4 Å². The molecule has 0 spiro atoms. The van der Waals surface area contributed by atoms with E-state index < -0.39 is 0 Å². The summed E-state index contributed by atoms with van der Waals surface area (Å²) in [6.07, 6.45) is 1.10. The van der Waals surface area contributed by atoms with Crippen molar-refractivity contribution < 1.29 is 0 Å². The van der Waals surface area contributed by atoms with Crippen LogP contribution in [0.4, 0.5) is 0 Å². The molecule has 12 heavy (non-hydrogen) atoms. The van der Waals surface area contributed by atoms with Crippen LogP contribution in [0.5, 0.6) is 0 Å². The number of rotatable bonds is 4. The molecule has 0 bridgehead atoms. The zero-order chi connectivity index (χ0) is 8.97. The molecular formula is C8H16N4. The molecule has 0 aromatic carbocycles. The maximum Gasteiger partial charge on any atom is 0.147 e. The molecule has 0 saturated heterocycles. The SMILES string of the molecule is CNCCCn1nc(C)nc1C. The average Bonchev–Trinajstić information content (AvgIpc) is 2.31. The fraction of sp³-hybridized carbons (Fsp3) is 0.750. The highest BCUT2D eigenvalue weighted by Crippen LogP contribution is 1.96. The lowest BCUT2D eigenvalue weighted by Gasteiger charge is -2.01. The molecule has 0 aliphatic carbocycles. The van der Waals surface area contributed by atoms with Crippen LogP contribution in [-0.2, 0) is 6.54 Å². The van der Waals surface area contributed by atoms with Gasteiger partial charge >= 0.3 is 0 Å². The van der Waals surface area contributed by atoms with Gasteiger partial charge < -0.3 is 5.32 Å². The molecule has 1 aromatic heterocycles. The van der Waals surface area contributed by atoms with E-state index in [0.29, 0.717) is 0 Å². The second-order valence-electron chi connectivity index (χ2n) is 2.89. The first kappa shape index (κ1) is 9.19. The zero-order valence-electron chi connectivity index (χ0n) is 7.96. The molecule has 1 heterocycles. The molecule has 0 amide bonds. The number of nitrogens with zero attached hydrogens (tertiary/aromatic N) is 3. The van der Waals surface area contributed by atoms with E-state index in [1.54, 1.807) is 0 Å². The van der Waals surface area contributed by atoms with Gasteiger partial charge in [-0.15, -0.1) is 0 Å². The third-order valence-corrected chi connectivity index (χ3v) is 1.76. The normalized spacial score (nSPS) is 10.6. The lowest BCUT2D eigenvalue weighted by molar-refractivity contribution is 0.546. The number of aryl methyl sites for hydroxylation is 3. The van der Waals surface area contributed by atoms with E-state index in [-0.39, 0.29) is 0 Å². The van der Waals surface area contributed by atoms with Crippen LogP contribution in [-0.4, -0.2) is 28.4 Å². The first-order valence-electron chi connectivity index (χ1n) is 4.26. The molecule has 68 valence electrons. The topological polar surface area (TPSA) is 42.7 Å². The largest absolute Gasteiger partial charge is 0.320 e. The summed E-state index contributed by atoms with van der Waals surface area (Å²) in [5.74, 6) is 1.86. The van der Waals surface area contributed by atoms with Crippen LogP contribution in [0.1, 0.15) is 18.1 Å². The van der Waals surface area contributed by atoms with Crippen molar-refractivity contribution in [1.82, 2.24) is 20.1 Å². The Kier molecular flexibility index (Phi) is 3.22. The van der Waals surface area contributed by atoms with Crippen LogP contribution in [0.25, 0.3) is 0 Å². The molecule has 0 aliphatic rings. The van der Waals surface area contributed by atoms with Crippen LogP contribution >= 0.6 is 0 Å². The van der Waals surface area contributed by atoms with Crippen molar-refractivity contribution in [2.45, 2.75) is 26.8 Å². The van der Waals surface area contributed by atoms with Gasteiger partial charge in [0.15, 0.2) is 0 Å². The quantitative estimate of drug-likeness (QED) is 0.666. The lowest BCUT2D eigenvalue weighted by atomic mass is 10.4. The van der Waals surface area contributed by atoms with Gasteiger partial charge in [0.1, 0.15) is 11.6 Å². The molecule has 0 aliphatic heterocycles. The van der Waals surface area contributed by atoms with Crippen LogP contribution < -0.4 is 5.32 Å². The molecule has 0 unspecified atom stereocenters. The second kappa shape index (κ2) is 4.21. The van der Waals surface area contributed by atoms with Crippen LogP contribution in [0.15, 0.2) is 0 Å². The maximum absolute atomic E-state index is 4.26. The van der Waals surface area contributed by atoms with Gasteiger partial charge in [-0.2, -0.15) is 5.10 Å². The fourth-order valence-electron chi connectivity index (χ4n) is 1.18. The third kappa shape index (κ3) is 2.30. The molecule has 0 saturated carbocycles. The predicted octanol–water partition coefficient (Wildman–Crippen LogP) is 0.504. The molecule has 0 fully saturated rings. The lowest BCUT2D eigenvalue weighted by Crippen LogP contribution is -2.12. The molecule has 4 heteroatoms. The summed E-state index contributed by atoms with van der Waals surface area (Å²) in [4.78, 5) is 4.22. The third-order valence-electron chi connectivity index (χ3n) is 1.76. The number of aromatic nitrogens is 3. The zero-order valence-corrected chi connectivity index (χ0v) is 7.96. The Morgan fingerprint density at radius 1 is 1.42 bits per heavy atom. The summed E-state index contributed by atoms with van der Waals surface area (Å²) in [5.41, 5.74) is 0. The van der Waals surface area contributed by atoms with Crippen molar-refractivity contribution in [2.24, 2.45) is 0 Å². The van der Waals surface area contributed by atoms with E-state index in [4.69, 9.17) is 0 Å². The highest BCUT2D eigenvalue weighted by Gasteiger charge is 2.00. The van der Waals surface area contributed by atoms with Crippen molar-refractivity contribution in [3.8, 4) is 0 Å². The van der Waals surface area contributed by atoms with Crippen LogP contribution in [0, 0.1) is 13.8 Å². The Labute approximate surface area is 73.0 Å². The highest BCUT2D eigenvalue weighted by molar-refractivity contribution is 4.87. The van der Waals surface area contributed by atoms with Crippen LogP contribution in [0.3, 0.4) is 0 Å². The fourth-order valence-corrected chi connectivity index (χ4v) is 1.18. The standard InChI is InChI=1S/C8H16N4/c1-7-10-8(2)12(11-7)6-4-5-9-3/h9H,4-6H2,1-3H3. The van der Waals surface area contributed by atoms with Crippen LogP contribution in [0.2, 0.25) is 0 Å². The van der Waals surface area contributed by atoms with Crippen molar-refractivity contribution in [2.75, 3.05) is 13.6 Å². The molecule has 1 N–H and O–H groups in total. The van der Waals surface area contributed by atoms with E-state index >= 15 is 0 Å². The molecule has 1 aromatic rings. The second-order valence-corrected chi connectivity index (χ2v) is 2.89. The Balaban J connectivity index is 2.45. The summed E-state index contributed by atoms with van der Waals surface area (Å²) in [6, 6.07) is 0. The summed E-state index contributed by atoms with van der Waals surface area (Å²) in [5, 5.41) is 7.36. The predicted molar refractivity (Wildman–Crippen MR) is 48.0 cm³/mol. The van der Waals surface area contributed by atoms with Crippen molar-refractivity contribution >= 4 is 0 Å². The Morgan fingerprint density at radius 3 is 2.67 bits per heavy atom. The summed E-state index contributed by atoms with van der Waals surface area (Å²) >= 11 is 0.